The summed E-state index contributed by atoms with van der Waals surface area (Å²) < 4.78 is 5.14. The number of nitrogens with two attached hydrogens (primary N) is 1. The number of nitrogens with zero attached hydrogens (tertiary/aromatic N) is 1. The van der Waals surface area contributed by atoms with E-state index in [-0.39, 0.29) is 12.0 Å². The highest BCUT2D eigenvalue weighted by Gasteiger charge is 2.32. The molecule has 0 spiro atoms. The Hall–Kier alpha value is -1.39. The zero-order valence-corrected chi connectivity index (χ0v) is 10.9. The Kier molecular flexibility index (Phi) is 3.99. The van der Waals surface area contributed by atoms with Crippen molar-refractivity contribution in [1.29, 1.82) is 0 Å². The van der Waals surface area contributed by atoms with Gasteiger partial charge in [-0.3, -0.25) is 4.79 Å². The molecule has 1 aromatic carbocycles. The van der Waals surface area contributed by atoms with E-state index in [1.807, 2.05) is 31.2 Å². The Balaban J connectivity index is 1.86. The number of likely N-dealkylation sites (tertiary alicyclic amines) is 1. The number of hydrogen-bond acceptors (Lipinski definition) is 3. The van der Waals surface area contributed by atoms with Crippen LogP contribution >= 0.6 is 0 Å². The summed E-state index contributed by atoms with van der Waals surface area (Å²) >= 11 is 0. The third kappa shape index (κ3) is 2.89. The Labute approximate surface area is 108 Å². The van der Waals surface area contributed by atoms with Crippen molar-refractivity contribution in [1.82, 2.24) is 4.90 Å². The molecular weight excluding hydrogens is 228 g/mol. The summed E-state index contributed by atoms with van der Waals surface area (Å²) in [7, 11) is 1.67. The molecule has 1 fully saturated rings. The minimum atomic E-state index is -0.453. The van der Waals surface area contributed by atoms with Gasteiger partial charge in [-0.05, 0) is 18.9 Å². The zero-order chi connectivity index (χ0) is 13.1. The molecule has 18 heavy (non-hydrogen) atoms. The first-order valence-corrected chi connectivity index (χ1v) is 6.23. The van der Waals surface area contributed by atoms with Gasteiger partial charge < -0.3 is 15.4 Å². The molecule has 2 rings (SSSR count). The number of methoxy groups -OCH3 is 1. The molecule has 0 saturated carbocycles. The summed E-state index contributed by atoms with van der Waals surface area (Å²) in [6.45, 7) is 3.37. The molecule has 98 valence electrons. The van der Waals surface area contributed by atoms with Crippen LogP contribution in [0.15, 0.2) is 24.3 Å². The van der Waals surface area contributed by atoms with Crippen molar-refractivity contribution in [3.63, 3.8) is 0 Å². The van der Waals surface area contributed by atoms with E-state index in [1.54, 1.807) is 12.0 Å². The second-order valence-electron chi connectivity index (χ2n) is 4.90. The number of amides is 1. The summed E-state index contributed by atoms with van der Waals surface area (Å²) in [5.74, 6) is 0.0175. The van der Waals surface area contributed by atoms with Gasteiger partial charge in [0.1, 0.15) is 0 Å². The van der Waals surface area contributed by atoms with Crippen molar-refractivity contribution < 1.29 is 9.53 Å². The number of rotatable bonds is 4. The monoisotopic (exact) mass is 248 g/mol. The van der Waals surface area contributed by atoms with Crippen LogP contribution in [0.1, 0.15) is 11.1 Å². The molecule has 1 heterocycles. The van der Waals surface area contributed by atoms with Gasteiger partial charge >= 0.3 is 0 Å². The van der Waals surface area contributed by atoms with Gasteiger partial charge in [0.25, 0.3) is 0 Å². The number of hydrogen-bond donors (Lipinski definition) is 1. The maximum absolute atomic E-state index is 12.0. The zero-order valence-electron chi connectivity index (χ0n) is 10.9. The van der Waals surface area contributed by atoms with Crippen LogP contribution in [0.5, 0.6) is 0 Å². The average Bonchev–Trinajstić information content (AvgIpc) is 2.30. The van der Waals surface area contributed by atoms with Crippen LogP contribution in [0.4, 0.5) is 0 Å². The van der Waals surface area contributed by atoms with Crippen LogP contribution < -0.4 is 5.73 Å². The van der Waals surface area contributed by atoms with Gasteiger partial charge in [0, 0.05) is 20.2 Å². The topological polar surface area (TPSA) is 55.6 Å². The smallest absolute Gasteiger partial charge is 0.240 e. The van der Waals surface area contributed by atoms with Crippen LogP contribution in [-0.2, 0) is 16.0 Å². The number of aryl methyl sites for hydroxylation is 1. The maximum Gasteiger partial charge on any atom is 0.240 e. The van der Waals surface area contributed by atoms with E-state index in [9.17, 15) is 4.79 Å². The molecule has 1 aromatic rings. The third-order valence-corrected chi connectivity index (χ3v) is 3.39. The number of benzene rings is 1. The summed E-state index contributed by atoms with van der Waals surface area (Å²) in [6.07, 6.45) is 0.772. The van der Waals surface area contributed by atoms with Crippen molar-refractivity contribution in [2.75, 3.05) is 20.2 Å². The van der Waals surface area contributed by atoms with Gasteiger partial charge in [-0.15, -0.1) is 0 Å². The molecule has 1 unspecified atom stereocenters. The fourth-order valence-corrected chi connectivity index (χ4v) is 2.07. The predicted octanol–water partition coefficient (Wildman–Crippen LogP) is 0.722. The lowest BCUT2D eigenvalue weighted by Gasteiger charge is -2.39. The number of carbonyl (C=O) groups is 1. The largest absolute Gasteiger partial charge is 0.378 e. The summed E-state index contributed by atoms with van der Waals surface area (Å²) in [4.78, 5) is 13.8. The van der Waals surface area contributed by atoms with Gasteiger partial charge in [-0.2, -0.15) is 0 Å². The second kappa shape index (κ2) is 5.50. The van der Waals surface area contributed by atoms with Gasteiger partial charge in [-0.25, -0.2) is 0 Å². The molecule has 4 heteroatoms. The van der Waals surface area contributed by atoms with Gasteiger partial charge in [0.2, 0.25) is 5.91 Å². The van der Waals surface area contributed by atoms with Crippen molar-refractivity contribution >= 4 is 5.91 Å². The predicted molar refractivity (Wildman–Crippen MR) is 70.2 cm³/mol. The fourth-order valence-electron chi connectivity index (χ4n) is 2.07. The minimum absolute atomic E-state index is 0.0175. The SMILES string of the molecule is COC1CN(C(=O)C(N)Cc2ccc(C)cc2)C1. The molecular formula is C14H20N2O2. The maximum atomic E-state index is 12.0. The Morgan fingerprint density at radius 1 is 1.44 bits per heavy atom. The molecule has 1 saturated heterocycles. The van der Waals surface area contributed by atoms with Gasteiger partial charge in [0.15, 0.2) is 0 Å². The van der Waals surface area contributed by atoms with E-state index in [0.29, 0.717) is 19.5 Å². The first-order chi connectivity index (χ1) is 8.60. The number of ether oxygens (including phenoxy) is 1. The van der Waals surface area contributed by atoms with Crippen LogP contribution in [-0.4, -0.2) is 43.2 Å². The Morgan fingerprint density at radius 2 is 2.06 bits per heavy atom. The van der Waals surface area contributed by atoms with E-state index in [0.717, 1.165) is 5.56 Å². The lowest BCUT2D eigenvalue weighted by molar-refractivity contribution is -0.144. The molecule has 2 N–H and O–H groups in total. The standard InChI is InChI=1S/C14H20N2O2/c1-10-3-5-11(6-4-10)7-13(15)14(17)16-8-12(9-16)18-2/h3-6,12-13H,7-9,15H2,1-2H3. The van der Waals surface area contributed by atoms with E-state index in [4.69, 9.17) is 10.5 Å². The van der Waals surface area contributed by atoms with Crippen LogP contribution in [0.2, 0.25) is 0 Å². The lowest BCUT2D eigenvalue weighted by Crippen LogP contribution is -2.58. The quantitative estimate of drug-likeness (QED) is 0.854. The highest BCUT2D eigenvalue weighted by Crippen LogP contribution is 2.13. The first-order valence-electron chi connectivity index (χ1n) is 6.23. The van der Waals surface area contributed by atoms with E-state index in [2.05, 4.69) is 0 Å². The lowest BCUT2D eigenvalue weighted by atomic mass is 10.0. The van der Waals surface area contributed by atoms with E-state index in [1.165, 1.54) is 5.56 Å². The molecule has 0 bridgehead atoms. The average molecular weight is 248 g/mol. The molecule has 1 atom stereocenters. The first kappa shape index (κ1) is 13.1. The second-order valence-corrected chi connectivity index (χ2v) is 4.90. The molecule has 0 aromatic heterocycles. The molecule has 1 amide bonds. The highest BCUT2D eigenvalue weighted by atomic mass is 16.5. The van der Waals surface area contributed by atoms with Crippen LogP contribution in [0, 0.1) is 6.92 Å². The fraction of sp³-hybridized carbons (Fsp3) is 0.500. The third-order valence-electron chi connectivity index (χ3n) is 3.39. The Morgan fingerprint density at radius 3 is 2.61 bits per heavy atom. The Bertz CT molecular complexity index is 410. The number of carbonyl (C=O) groups excluding carboxylic acids is 1. The summed E-state index contributed by atoms with van der Waals surface area (Å²) in [5.41, 5.74) is 8.27. The van der Waals surface area contributed by atoms with Gasteiger partial charge in [-0.1, -0.05) is 29.8 Å². The summed E-state index contributed by atoms with van der Waals surface area (Å²) in [6, 6.07) is 7.67. The molecule has 4 nitrogen and oxygen atoms in total. The van der Waals surface area contributed by atoms with E-state index >= 15 is 0 Å². The van der Waals surface area contributed by atoms with E-state index < -0.39 is 6.04 Å². The van der Waals surface area contributed by atoms with Crippen molar-refractivity contribution in [2.45, 2.75) is 25.5 Å². The van der Waals surface area contributed by atoms with Crippen LogP contribution in [0.25, 0.3) is 0 Å². The highest BCUT2D eigenvalue weighted by molar-refractivity contribution is 5.82. The molecule has 0 radical (unpaired) electrons. The van der Waals surface area contributed by atoms with Gasteiger partial charge in [0.05, 0.1) is 12.1 Å². The molecule has 1 aliphatic rings. The van der Waals surface area contributed by atoms with Crippen molar-refractivity contribution in [2.24, 2.45) is 5.73 Å². The van der Waals surface area contributed by atoms with Crippen molar-refractivity contribution in [3.05, 3.63) is 35.4 Å². The molecule has 0 aliphatic carbocycles. The normalized spacial score (nSPS) is 17.4. The minimum Gasteiger partial charge on any atom is -0.378 e. The molecule has 1 aliphatic heterocycles. The van der Waals surface area contributed by atoms with Crippen LogP contribution in [0.3, 0.4) is 0 Å². The van der Waals surface area contributed by atoms with Crippen molar-refractivity contribution in [3.8, 4) is 0 Å². The summed E-state index contributed by atoms with van der Waals surface area (Å²) in [5, 5.41) is 0.